The van der Waals surface area contributed by atoms with Crippen molar-refractivity contribution in [2.24, 2.45) is 5.73 Å². The van der Waals surface area contributed by atoms with Gasteiger partial charge in [-0.3, -0.25) is 9.59 Å². The molecule has 0 aliphatic rings. The molecule has 14 nitrogen and oxygen atoms in total. The summed E-state index contributed by atoms with van der Waals surface area (Å²) in [4.78, 5) is 30.6. The number of nitrogens with one attached hydrogen (secondary N) is 2. The average Bonchev–Trinajstić information content (AvgIpc) is 3.59. The number of fused-ring (bicyclic) bond motifs is 1. The third-order valence-electron chi connectivity index (χ3n) is 5.24. The highest BCUT2D eigenvalue weighted by Crippen LogP contribution is 2.29. The second kappa shape index (κ2) is 9.18. The maximum atomic E-state index is 13.5. The summed E-state index contributed by atoms with van der Waals surface area (Å²) in [6, 6.07) is 5.94. The molecule has 2 amide bonds. The van der Waals surface area contributed by atoms with Crippen LogP contribution in [0.1, 0.15) is 37.9 Å². The number of pyridine rings is 1. The van der Waals surface area contributed by atoms with Gasteiger partial charge in [0, 0.05) is 6.20 Å². The highest BCUT2D eigenvalue weighted by molar-refractivity contribution is 6.32. The van der Waals surface area contributed by atoms with Crippen LogP contribution in [0.4, 0.5) is 18.9 Å². The smallest absolute Gasteiger partial charge is 0.365 e. The number of nitrogens with zero attached hydrogens (tertiary/aromatic N) is 9. The molecule has 0 fully saturated rings. The minimum atomic E-state index is -4.79. The van der Waals surface area contributed by atoms with Crippen molar-refractivity contribution >= 4 is 40.1 Å². The van der Waals surface area contributed by atoms with Gasteiger partial charge in [-0.15, -0.1) is 10.2 Å². The van der Waals surface area contributed by atoms with E-state index in [1.165, 1.54) is 18.3 Å². The van der Waals surface area contributed by atoms with Gasteiger partial charge in [0.05, 0.1) is 22.0 Å². The van der Waals surface area contributed by atoms with Crippen LogP contribution in [-0.4, -0.2) is 62.2 Å². The summed E-state index contributed by atoms with van der Waals surface area (Å²) in [5.41, 5.74) is 6.51. The number of benzene rings is 1. The maximum absolute atomic E-state index is 13.5. The minimum absolute atomic E-state index is 0.0619. The van der Waals surface area contributed by atoms with E-state index >= 15 is 0 Å². The number of anilines is 1. The summed E-state index contributed by atoms with van der Waals surface area (Å²) in [6.07, 6.45) is -3.38. The third-order valence-corrected chi connectivity index (χ3v) is 5.53. The fraction of sp³-hybridized carbons (Fsp3) is 0.150. The molecular formula is C20H14ClF3N12O2. The number of aromatic amines is 1. The van der Waals surface area contributed by atoms with Crippen LogP contribution in [0.2, 0.25) is 5.02 Å². The number of nitrogens with two attached hydrogens (primary N) is 1. The summed E-state index contributed by atoms with van der Waals surface area (Å²) in [7, 11) is 0. The Morgan fingerprint density at radius 1 is 1.21 bits per heavy atom. The van der Waals surface area contributed by atoms with E-state index in [1.807, 2.05) is 0 Å². The lowest BCUT2D eigenvalue weighted by atomic mass is 10.0. The Kier molecular flexibility index (Phi) is 5.98. The highest BCUT2D eigenvalue weighted by atomic mass is 35.5. The molecule has 194 valence electrons. The minimum Gasteiger partial charge on any atom is -0.365 e. The second-order valence-corrected chi connectivity index (χ2v) is 8.24. The number of alkyl halides is 3. The first-order valence-corrected chi connectivity index (χ1v) is 10.9. The van der Waals surface area contributed by atoms with Gasteiger partial charge in [-0.2, -0.15) is 38.5 Å². The normalized spacial score (nSPS) is 11.7. The number of amides is 2. The summed E-state index contributed by atoms with van der Waals surface area (Å²) in [6.45, 7) is 1.26. The van der Waals surface area contributed by atoms with E-state index in [2.05, 4.69) is 46.2 Å². The van der Waals surface area contributed by atoms with Crippen molar-refractivity contribution in [3.63, 3.8) is 0 Å². The van der Waals surface area contributed by atoms with Crippen LogP contribution in [0.25, 0.3) is 16.9 Å². The van der Waals surface area contributed by atoms with E-state index in [9.17, 15) is 22.8 Å². The van der Waals surface area contributed by atoms with Crippen LogP contribution in [0.3, 0.4) is 0 Å². The zero-order valence-corrected chi connectivity index (χ0v) is 19.8. The van der Waals surface area contributed by atoms with Gasteiger partial charge in [-0.25, -0.2) is 9.67 Å². The number of carbonyl (C=O) groups excluding carboxylic acids is 2. The number of H-pyrrole nitrogens is 1. The van der Waals surface area contributed by atoms with E-state index in [-0.39, 0.29) is 45.5 Å². The number of hydrogen-bond donors (Lipinski definition) is 3. The van der Waals surface area contributed by atoms with Crippen LogP contribution >= 0.6 is 11.6 Å². The molecule has 5 rings (SSSR count). The van der Waals surface area contributed by atoms with E-state index in [4.69, 9.17) is 17.3 Å². The van der Waals surface area contributed by atoms with Gasteiger partial charge in [-0.05, 0) is 42.0 Å². The number of tetrazole rings is 1. The van der Waals surface area contributed by atoms with Gasteiger partial charge < -0.3 is 11.1 Å². The number of halogens is 4. The van der Waals surface area contributed by atoms with Gasteiger partial charge in [0.15, 0.2) is 5.82 Å². The zero-order valence-electron chi connectivity index (χ0n) is 19.0. The predicted octanol–water partition coefficient (Wildman–Crippen LogP) is 1.91. The molecular weight excluding hydrogens is 533 g/mol. The lowest BCUT2D eigenvalue weighted by Crippen LogP contribution is -2.22. The van der Waals surface area contributed by atoms with E-state index in [1.54, 1.807) is 19.1 Å². The topological polar surface area (TPSA) is 188 Å². The zero-order chi connectivity index (χ0) is 27.2. The molecule has 0 spiro atoms. The number of carbonyl (C=O) groups is 2. The average molecular weight is 547 g/mol. The standard InChI is InChI=1S/C20H14ClF3N12O2/c1-8-5-11-15(29-33-28-11)13(16(25)37)14(8)27-18(38)12-6-9(7-35-32-19(30-34-35)20(22,23)24)31-36(12)17-10(21)3-2-4-26-17/h2-6H,7H2,1H3,(H2,25,37)(H,27,38)(H,28,29,33). The lowest BCUT2D eigenvalue weighted by Gasteiger charge is -2.13. The van der Waals surface area contributed by atoms with E-state index in [0.717, 1.165) is 4.68 Å². The molecule has 0 radical (unpaired) electrons. The summed E-state index contributed by atoms with van der Waals surface area (Å²) in [5, 5.41) is 27.0. The molecule has 0 atom stereocenters. The molecule has 18 heteroatoms. The van der Waals surface area contributed by atoms with Crippen molar-refractivity contribution in [1.29, 1.82) is 0 Å². The molecule has 0 saturated heterocycles. The molecule has 4 N–H and O–H groups in total. The first kappa shape index (κ1) is 24.8. The Hall–Kier alpha value is -4.93. The Balaban J connectivity index is 1.56. The van der Waals surface area contributed by atoms with Crippen molar-refractivity contribution in [1.82, 2.24) is 50.4 Å². The Morgan fingerprint density at radius 3 is 2.68 bits per heavy atom. The van der Waals surface area contributed by atoms with Gasteiger partial charge in [0.1, 0.15) is 23.3 Å². The summed E-state index contributed by atoms with van der Waals surface area (Å²) < 4.78 is 39.7. The molecule has 4 aromatic heterocycles. The fourth-order valence-electron chi connectivity index (χ4n) is 3.63. The predicted molar refractivity (Wildman–Crippen MR) is 123 cm³/mol. The first-order chi connectivity index (χ1) is 18.0. The SMILES string of the molecule is Cc1cc2n[nH]nc2c(C(N)=O)c1NC(=O)c1cc(Cn2nnc(C(F)(F)F)n2)nn1-c1ncccc1Cl. The van der Waals surface area contributed by atoms with Crippen LogP contribution < -0.4 is 11.1 Å². The number of primary amides is 1. The van der Waals surface area contributed by atoms with Crippen LogP contribution in [0.5, 0.6) is 0 Å². The van der Waals surface area contributed by atoms with Crippen molar-refractivity contribution in [3.8, 4) is 5.82 Å². The molecule has 0 aliphatic heterocycles. The maximum Gasteiger partial charge on any atom is 0.455 e. The summed E-state index contributed by atoms with van der Waals surface area (Å²) >= 11 is 6.26. The third kappa shape index (κ3) is 4.49. The first-order valence-electron chi connectivity index (χ1n) is 10.5. The molecule has 1 aromatic carbocycles. The number of rotatable bonds is 6. The van der Waals surface area contributed by atoms with E-state index in [0.29, 0.717) is 15.9 Å². The molecule has 0 saturated carbocycles. The van der Waals surface area contributed by atoms with E-state index < -0.39 is 23.8 Å². The van der Waals surface area contributed by atoms with Gasteiger partial charge in [0.2, 0.25) is 0 Å². The van der Waals surface area contributed by atoms with Crippen LogP contribution in [-0.2, 0) is 12.7 Å². The fourth-order valence-corrected chi connectivity index (χ4v) is 3.83. The monoisotopic (exact) mass is 546 g/mol. The number of hydrogen-bond acceptors (Lipinski definition) is 9. The van der Waals surface area contributed by atoms with Crippen molar-refractivity contribution < 1.29 is 22.8 Å². The lowest BCUT2D eigenvalue weighted by molar-refractivity contribution is -0.145. The second-order valence-electron chi connectivity index (χ2n) is 7.84. The molecule has 0 unspecified atom stereocenters. The van der Waals surface area contributed by atoms with Crippen molar-refractivity contribution in [2.75, 3.05) is 5.32 Å². The Morgan fingerprint density at radius 2 is 2.00 bits per heavy atom. The summed E-state index contributed by atoms with van der Waals surface area (Å²) in [5.74, 6) is -2.99. The number of aromatic nitrogens is 10. The molecule has 5 aromatic rings. The number of aryl methyl sites for hydroxylation is 1. The van der Waals surface area contributed by atoms with Gasteiger partial charge in [-0.1, -0.05) is 11.6 Å². The molecule has 0 aliphatic carbocycles. The Labute approximate surface area is 214 Å². The Bertz CT molecular complexity index is 1710. The van der Waals surface area contributed by atoms with Crippen LogP contribution in [0, 0.1) is 6.92 Å². The molecule has 38 heavy (non-hydrogen) atoms. The van der Waals surface area contributed by atoms with Gasteiger partial charge in [0.25, 0.3) is 17.6 Å². The highest BCUT2D eigenvalue weighted by Gasteiger charge is 2.37. The molecule has 0 bridgehead atoms. The van der Waals surface area contributed by atoms with Crippen LogP contribution in [0.15, 0.2) is 30.5 Å². The quantitative estimate of drug-likeness (QED) is 0.285. The van der Waals surface area contributed by atoms with Crippen molar-refractivity contribution in [2.45, 2.75) is 19.6 Å². The molecule has 4 heterocycles. The largest absolute Gasteiger partial charge is 0.455 e. The van der Waals surface area contributed by atoms with Gasteiger partial charge >= 0.3 is 6.18 Å². The van der Waals surface area contributed by atoms with Crippen molar-refractivity contribution in [3.05, 3.63) is 63.8 Å².